The summed E-state index contributed by atoms with van der Waals surface area (Å²) in [6.07, 6.45) is 6.35. The number of halogens is 3. The van der Waals surface area contributed by atoms with Crippen molar-refractivity contribution in [2.75, 3.05) is 21.9 Å². The molecule has 2 aromatic heterocycles. The van der Waals surface area contributed by atoms with Gasteiger partial charge in [0.15, 0.2) is 0 Å². The first-order chi connectivity index (χ1) is 13.1. The number of rotatable bonds is 7. The van der Waals surface area contributed by atoms with Crippen molar-refractivity contribution in [2.24, 2.45) is 0 Å². The second kappa shape index (κ2) is 13.7. The number of pyridine rings is 1. The van der Waals surface area contributed by atoms with Gasteiger partial charge in [-0.05, 0) is 0 Å². The van der Waals surface area contributed by atoms with Crippen LogP contribution in [0.1, 0.15) is 17.8 Å². The SMILES string of the molecule is CNC(=O)CC1=C[CH]=[In][N]1n1c(C)cnc(NCCc2ccccn2)c1=O.Cl.Cl.Cl. The fourth-order valence-electron chi connectivity index (χ4n) is 2.77. The number of anilines is 1. The van der Waals surface area contributed by atoms with Crippen LogP contribution in [-0.4, -0.2) is 60.6 Å². The van der Waals surface area contributed by atoms with E-state index in [0.717, 1.165) is 17.1 Å². The van der Waals surface area contributed by atoms with Crippen molar-refractivity contribution in [3.05, 3.63) is 64.1 Å². The van der Waals surface area contributed by atoms with Crippen molar-refractivity contribution < 1.29 is 4.79 Å². The molecule has 8 nitrogen and oxygen atoms in total. The number of carbonyl (C=O) groups is 1. The molecular formula is C18H24Cl3InN6O2. The maximum Gasteiger partial charge on any atom is -0.147 e. The summed E-state index contributed by atoms with van der Waals surface area (Å²) in [5.41, 5.74) is 2.36. The van der Waals surface area contributed by atoms with Crippen LogP contribution in [0.25, 0.3) is 0 Å². The molecule has 1 aliphatic rings. The molecule has 12 heteroatoms. The van der Waals surface area contributed by atoms with Crippen LogP contribution in [0, 0.1) is 6.92 Å². The number of aromatic nitrogens is 3. The molecule has 2 aromatic rings. The standard InChI is InChI=1S/C18H21N6O2.3ClH.In/c1-4-14(11-16(25)19-3)23-24-13(2)12-22-17(18(24)26)21-10-8-15-7-5-6-9-20-15;;;;/h1,4-7,9,12H,8,10-11H2,2-3H3,(H,19,25)(H,21,22);3*1H;/q-1;;;;+1. The second-order valence-electron chi connectivity index (χ2n) is 6.06. The number of nitrogens with zero attached hydrogens (tertiary/aromatic N) is 4. The number of amides is 1. The van der Waals surface area contributed by atoms with E-state index < -0.39 is 22.7 Å². The summed E-state index contributed by atoms with van der Waals surface area (Å²) in [4.78, 5) is 33.3. The Morgan fingerprint density at radius 1 is 1.20 bits per heavy atom. The molecule has 0 bridgehead atoms. The zero-order valence-corrected chi connectivity index (χ0v) is 22.3. The second-order valence-corrected chi connectivity index (χ2v) is 9.40. The van der Waals surface area contributed by atoms with Crippen molar-refractivity contribution in [1.82, 2.24) is 20.0 Å². The molecule has 3 heterocycles. The maximum absolute atomic E-state index is 13.0. The molecule has 0 radical (unpaired) electrons. The van der Waals surface area contributed by atoms with E-state index in [4.69, 9.17) is 0 Å². The molecule has 1 aliphatic heterocycles. The summed E-state index contributed by atoms with van der Waals surface area (Å²) in [5.74, 6) is 0.239. The maximum atomic E-state index is 13.0. The molecule has 0 atom stereocenters. The van der Waals surface area contributed by atoms with Gasteiger partial charge >= 0.3 is 169 Å². The minimum atomic E-state index is -1.33. The van der Waals surface area contributed by atoms with Crippen molar-refractivity contribution in [2.45, 2.75) is 19.8 Å². The molecule has 2 N–H and O–H groups in total. The van der Waals surface area contributed by atoms with Crippen LogP contribution in [0.15, 0.2) is 47.2 Å². The van der Waals surface area contributed by atoms with Crippen LogP contribution in [0.2, 0.25) is 0 Å². The molecule has 30 heavy (non-hydrogen) atoms. The van der Waals surface area contributed by atoms with Gasteiger partial charge < -0.3 is 0 Å². The molecule has 0 aromatic carbocycles. The largest absolute Gasteiger partial charge is 0.147 e. The Labute approximate surface area is 205 Å². The summed E-state index contributed by atoms with van der Waals surface area (Å²) in [6.45, 7) is 2.42. The summed E-state index contributed by atoms with van der Waals surface area (Å²) in [5, 5.41) is 5.75. The van der Waals surface area contributed by atoms with E-state index in [2.05, 4.69) is 24.4 Å². The van der Waals surface area contributed by atoms with Crippen molar-refractivity contribution in [3.8, 4) is 0 Å². The molecule has 0 saturated heterocycles. The van der Waals surface area contributed by atoms with Crippen molar-refractivity contribution in [1.29, 1.82) is 0 Å². The van der Waals surface area contributed by atoms with Gasteiger partial charge in [-0.3, -0.25) is 0 Å². The van der Waals surface area contributed by atoms with Crippen LogP contribution in [0.4, 0.5) is 5.82 Å². The summed E-state index contributed by atoms with van der Waals surface area (Å²) >= 11 is -1.33. The van der Waals surface area contributed by atoms with E-state index in [1.807, 2.05) is 34.2 Å². The zero-order valence-electron chi connectivity index (χ0n) is 16.6. The Morgan fingerprint density at radius 3 is 2.63 bits per heavy atom. The number of hydrogen-bond donors (Lipinski definition) is 2. The molecule has 3 rings (SSSR count). The Kier molecular flexibility index (Phi) is 13.0. The van der Waals surface area contributed by atoms with Gasteiger partial charge in [-0.2, -0.15) is 0 Å². The molecule has 0 aliphatic carbocycles. The fourth-order valence-corrected chi connectivity index (χ4v) is 6.37. The first kappa shape index (κ1) is 28.5. The van der Waals surface area contributed by atoms with Gasteiger partial charge in [0.25, 0.3) is 0 Å². The van der Waals surface area contributed by atoms with E-state index >= 15 is 0 Å². The third-order valence-corrected chi connectivity index (χ3v) is 7.61. The Bertz CT molecular complexity index is 953. The molecule has 0 spiro atoms. The third kappa shape index (κ3) is 7.01. The number of carbonyl (C=O) groups excluding carboxylic acids is 1. The average molecular weight is 578 g/mol. The quantitative estimate of drug-likeness (QED) is 0.515. The first-order valence-electron chi connectivity index (χ1n) is 8.70. The predicted octanol–water partition coefficient (Wildman–Crippen LogP) is 1.26. The van der Waals surface area contributed by atoms with Gasteiger partial charge in [0.05, 0.1) is 0 Å². The van der Waals surface area contributed by atoms with Crippen molar-refractivity contribution in [3.63, 3.8) is 0 Å². The normalized spacial score (nSPS) is 11.3. The zero-order chi connectivity index (χ0) is 19.2. The summed E-state index contributed by atoms with van der Waals surface area (Å²) in [7, 11) is 1.61. The average Bonchev–Trinajstić information content (AvgIpc) is 3.12. The summed E-state index contributed by atoms with van der Waals surface area (Å²) < 4.78 is 5.76. The van der Waals surface area contributed by atoms with Gasteiger partial charge in [-0.25, -0.2) is 0 Å². The number of allylic oxidation sites excluding steroid dienone is 1. The van der Waals surface area contributed by atoms with Gasteiger partial charge in [-0.15, -0.1) is 37.2 Å². The number of hydrogen-bond acceptors (Lipinski definition) is 6. The van der Waals surface area contributed by atoms with E-state index in [1.165, 1.54) is 0 Å². The third-order valence-electron chi connectivity index (χ3n) is 4.16. The van der Waals surface area contributed by atoms with Crippen LogP contribution in [0.5, 0.6) is 0 Å². The predicted molar refractivity (Wildman–Crippen MR) is 128 cm³/mol. The van der Waals surface area contributed by atoms with Crippen LogP contribution >= 0.6 is 37.2 Å². The monoisotopic (exact) mass is 576 g/mol. The Hall–Kier alpha value is -1.55. The van der Waals surface area contributed by atoms with Gasteiger partial charge in [0.2, 0.25) is 0 Å². The van der Waals surface area contributed by atoms with Crippen LogP contribution in [-0.2, 0) is 11.2 Å². The molecule has 0 saturated carbocycles. The van der Waals surface area contributed by atoms with E-state index in [-0.39, 0.29) is 55.1 Å². The Morgan fingerprint density at radius 2 is 1.97 bits per heavy atom. The summed E-state index contributed by atoms with van der Waals surface area (Å²) in [6, 6.07) is 5.77. The smallest absolute Gasteiger partial charge is 0.147 e. The molecule has 0 fully saturated rings. The van der Waals surface area contributed by atoms with E-state index in [1.54, 1.807) is 24.1 Å². The molecule has 0 unspecified atom stereocenters. The fraction of sp³-hybridized carbons (Fsp3) is 0.278. The molecule has 162 valence electrons. The van der Waals surface area contributed by atoms with E-state index in [9.17, 15) is 9.59 Å². The van der Waals surface area contributed by atoms with Crippen molar-refractivity contribution >= 4 is 75.4 Å². The minimum absolute atomic E-state index is 0. The van der Waals surface area contributed by atoms with Crippen LogP contribution in [0.3, 0.4) is 0 Å². The first-order valence-corrected chi connectivity index (χ1v) is 12.1. The van der Waals surface area contributed by atoms with Gasteiger partial charge in [0, 0.05) is 0 Å². The van der Waals surface area contributed by atoms with Gasteiger partial charge in [-0.1, -0.05) is 0 Å². The molecule has 1 amide bonds. The van der Waals surface area contributed by atoms with Crippen LogP contribution < -0.4 is 19.2 Å². The molecular weight excluding hydrogens is 553 g/mol. The topological polar surface area (TPSA) is 92.2 Å². The minimum Gasteiger partial charge on any atom is -0.147 e. The number of aryl methyl sites for hydroxylation is 1. The van der Waals surface area contributed by atoms with Gasteiger partial charge in [0.1, 0.15) is 0 Å². The van der Waals surface area contributed by atoms with E-state index in [0.29, 0.717) is 18.8 Å². The number of nitrogens with one attached hydrogen (secondary N) is 2. The Balaban J connectivity index is 0.00000280.